The minimum Gasteiger partial charge on any atom is 0 e. The van der Waals surface area contributed by atoms with E-state index in [0.717, 1.165) is 0 Å². The van der Waals surface area contributed by atoms with Crippen LogP contribution in [0.15, 0.2) is 0 Å². The Hall–Kier alpha value is 0.935. The molecule has 0 amide bonds. The molecule has 7 heavy (non-hydrogen) atoms. The van der Waals surface area contributed by atoms with E-state index >= 15 is 0 Å². The van der Waals surface area contributed by atoms with Crippen molar-refractivity contribution in [2.45, 2.75) is 0 Å². The summed E-state index contributed by atoms with van der Waals surface area (Å²) < 4.78 is 34.4. The summed E-state index contributed by atoms with van der Waals surface area (Å²) in [5.41, 5.74) is 0. The third-order valence-corrected chi connectivity index (χ3v) is 0. The predicted molar refractivity (Wildman–Crippen MR) is 7.81 cm³/mol. The van der Waals surface area contributed by atoms with Crippen LogP contribution in [0.5, 0.6) is 0 Å². The Morgan fingerprint density at radius 3 is 1.14 bits per heavy atom. The van der Waals surface area contributed by atoms with Crippen molar-refractivity contribution in [2.75, 3.05) is 0 Å². The first-order chi connectivity index (χ1) is 2.00. The van der Waals surface area contributed by atoms with Crippen molar-refractivity contribution in [3.8, 4) is 0 Å². The van der Waals surface area contributed by atoms with Crippen LogP contribution >= 0.6 is 0 Å². The Kier molecular flexibility index (Phi) is 11.4. The first-order valence-corrected chi connectivity index (χ1v) is 2.75. The van der Waals surface area contributed by atoms with Gasteiger partial charge < -0.3 is 0 Å². The van der Waals surface area contributed by atoms with Gasteiger partial charge in [0.25, 0.3) is 0 Å². The summed E-state index contributed by atoms with van der Waals surface area (Å²) in [5.74, 6) is 0. The van der Waals surface area contributed by atoms with Gasteiger partial charge in [-0.1, -0.05) is 0 Å². The molecule has 0 aliphatic heterocycles. The molecule has 0 N–H and O–H groups in total. The van der Waals surface area contributed by atoms with Gasteiger partial charge in [0.2, 0.25) is 0 Å². The van der Waals surface area contributed by atoms with Gasteiger partial charge in [0, 0.05) is 32.8 Å². The minimum atomic E-state index is -5.75. The summed E-state index contributed by atoms with van der Waals surface area (Å²) in [4.78, 5) is 0. The van der Waals surface area contributed by atoms with Gasteiger partial charge in [0.15, 0.2) is 0 Å². The van der Waals surface area contributed by atoms with E-state index < -0.39 is 13.6 Å². The summed E-state index contributed by atoms with van der Waals surface area (Å²) in [5, 5.41) is 0. The molecule has 0 saturated heterocycles. The molecule has 0 rings (SSSR count). The molecule has 0 aromatic carbocycles. The molecule has 42 valence electrons. The maximum absolute atomic E-state index is 8.59. The molecular formula is CrO5Pb-2. The fourth-order valence-electron chi connectivity index (χ4n) is 0. The number of hydrogen-bond acceptors (Lipinski definition) is 4. The molecule has 0 saturated carbocycles. The molecule has 0 aromatic rings. The fourth-order valence-corrected chi connectivity index (χ4v) is 0. The molecular weight excluding hydrogens is 339 g/mol. The fraction of sp³-hybridized carbons (Fsp3) is 0. The maximum Gasteiger partial charge on any atom is 0 e. The monoisotopic (exact) mass is 340 g/mol. The smallest absolute Gasteiger partial charge is 0 e. The van der Waals surface area contributed by atoms with Gasteiger partial charge >= 0.3 is 29.5 Å². The number of rotatable bonds is 0. The van der Waals surface area contributed by atoms with Crippen molar-refractivity contribution in [2.24, 2.45) is 0 Å². The zero-order valence-electron chi connectivity index (χ0n) is 2.95. The Morgan fingerprint density at radius 2 is 1.14 bits per heavy atom. The van der Waals surface area contributed by atoms with Gasteiger partial charge in [-0.3, -0.25) is 0 Å². The van der Waals surface area contributed by atoms with Crippen molar-refractivity contribution in [3.63, 3.8) is 0 Å². The first-order valence-electron chi connectivity index (χ1n) is 0.667. The summed E-state index contributed by atoms with van der Waals surface area (Å²) in [6, 6.07) is 0. The van der Waals surface area contributed by atoms with Crippen LogP contribution in [-0.2, 0) is 26.7 Å². The van der Waals surface area contributed by atoms with E-state index in [1.165, 1.54) is 0 Å². The maximum atomic E-state index is 8.59. The predicted octanol–water partition coefficient (Wildman–Crippen LogP) is -3.12. The molecule has 0 aliphatic rings. The molecule has 0 unspecified atom stereocenters. The Morgan fingerprint density at radius 1 is 1.14 bits per heavy atom. The summed E-state index contributed by atoms with van der Waals surface area (Å²) >= 11 is -5.75. The van der Waals surface area contributed by atoms with Crippen molar-refractivity contribution < 1.29 is 35.0 Å². The second-order valence-corrected chi connectivity index (χ2v) is 1.68. The summed E-state index contributed by atoms with van der Waals surface area (Å²) in [7, 11) is 0. The van der Waals surface area contributed by atoms with Crippen LogP contribution in [0.1, 0.15) is 0 Å². The third kappa shape index (κ3) is 193. The van der Waals surface area contributed by atoms with E-state index in [4.69, 9.17) is 15.9 Å². The van der Waals surface area contributed by atoms with E-state index in [2.05, 4.69) is 0 Å². The second-order valence-electron chi connectivity index (χ2n) is 0.408. The quantitative estimate of drug-likeness (QED) is 0.435. The molecule has 7 heteroatoms. The van der Waals surface area contributed by atoms with Crippen LogP contribution in [0.25, 0.3) is 0 Å². The van der Waals surface area contributed by atoms with Gasteiger partial charge in [0.1, 0.15) is 0 Å². The van der Waals surface area contributed by atoms with Gasteiger partial charge in [-0.25, -0.2) is 0 Å². The van der Waals surface area contributed by atoms with Crippen LogP contribution in [0.2, 0.25) is 0 Å². The standard InChI is InChI=1S/Cr.5O.Pb/q;;;;2*-1;. The minimum absolute atomic E-state index is 0. The van der Waals surface area contributed by atoms with Crippen LogP contribution in [0, 0.1) is 0 Å². The summed E-state index contributed by atoms with van der Waals surface area (Å²) in [6.07, 6.45) is 0. The van der Waals surface area contributed by atoms with E-state index in [-0.39, 0.29) is 32.8 Å². The largest absolute Gasteiger partial charge is 0 e. The molecule has 0 bridgehead atoms. The average molecular weight is 339 g/mol. The van der Waals surface area contributed by atoms with Crippen LogP contribution in [0.3, 0.4) is 0 Å². The average Bonchev–Trinajstić information content (AvgIpc) is 0.722. The van der Waals surface area contributed by atoms with Crippen molar-refractivity contribution >= 4 is 27.3 Å². The zero-order valence-corrected chi connectivity index (χ0v) is 8.11. The molecule has 0 aliphatic carbocycles. The van der Waals surface area contributed by atoms with Gasteiger partial charge in [0.05, 0.1) is 0 Å². The molecule has 0 heterocycles. The molecule has 0 aromatic heterocycles. The van der Waals surface area contributed by atoms with E-state index in [0.29, 0.717) is 0 Å². The topological polar surface area (TPSA) is 109 Å². The van der Waals surface area contributed by atoms with Gasteiger partial charge in [-0.15, -0.1) is 0 Å². The van der Waals surface area contributed by atoms with Crippen molar-refractivity contribution in [1.29, 1.82) is 0 Å². The summed E-state index contributed by atoms with van der Waals surface area (Å²) in [6.45, 7) is 0. The first kappa shape index (κ1) is 15.7. The second kappa shape index (κ2) is 5.08. The van der Waals surface area contributed by atoms with Crippen molar-refractivity contribution in [3.05, 3.63) is 0 Å². The molecule has 0 atom stereocenters. The van der Waals surface area contributed by atoms with Crippen molar-refractivity contribution in [1.82, 2.24) is 0 Å². The van der Waals surface area contributed by atoms with E-state index in [1.807, 2.05) is 0 Å². The Bertz CT molecular complexity index is 91.2. The third-order valence-electron chi connectivity index (χ3n) is 0. The molecule has 6 radical (unpaired) electrons. The molecule has 5 nitrogen and oxygen atoms in total. The molecule has 0 fully saturated rings. The SMILES string of the molecule is [O].[O]=[Cr](=[O])([O-])[O-].[Pb]. The number of hydrogen-bond donors (Lipinski definition) is 0. The van der Waals surface area contributed by atoms with E-state index in [1.54, 1.807) is 0 Å². The Labute approximate surface area is 62.2 Å². The van der Waals surface area contributed by atoms with Gasteiger partial charge in [-0.05, 0) is 0 Å². The Balaban J connectivity index is -0.0000000800. The van der Waals surface area contributed by atoms with E-state index in [9.17, 15) is 0 Å². The van der Waals surface area contributed by atoms with Crippen LogP contribution < -0.4 is 8.32 Å². The van der Waals surface area contributed by atoms with Crippen LogP contribution in [0.4, 0.5) is 0 Å². The van der Waals surface area contributed by atoms with Gasteiger partial charge in [-0.2, -0.15) is 0 Å². The molecule has 0 spiro atoms. The zero-order chi connectivity index (χ0) is 4.50. The van der Waals surface area contributed by atoms with Crippen LogP contribution in [-0.4, -0.2) is 27.3 Å². The normalized spacial score (nSPS) is 8.29.